The zero-order chi connectivity index (χ0) is 13.8. The Labute approximate surface area is 106 Å². The van der Waals surface area contributed by atoms with Gasteiger partial charge in [0.25, 0.3) is 5.91 Å². The van der Waals surface area contributed by atoms with Gasteiger partial charge in [-0.1, -0.05) is 12.1 Å². The fourth-order valence-corrected chi connectivity index (χ4v) is 1.34. The number of carboxylic acids is 1. The molecular formula is C13H17NO4. The van der Waals surface area contributed by atoms with Crippen LogP contribution in [0.3, 0.4) is 0 Å². The van der Waals surface area contributed by atoms with Crippen LogP contribution >= 0.6 is 0 Å². The maximum absolute atomic E-state index is 12.0. The fraction of sp³-hybridized carbons (Fsp3) is 0.385. The van der Waals surface area contributed by atoms with Gasteiger partial charge in [-0.3, -0.25) is 4.79 Å². The van der Waals surface area contributed by atoms with Crippen molar-refractivity contribution in [1.29, 1.82) is 0 Å². The van der Waals surface area contributed by atoms with Gasteiger partial charge < -0.3 is 15.2 Å². The largest absolute Gasteiger partial charge is 0.493 e. The molecule has 1 aromatic rings. The van der Waals surface area contributed by atoms with Crippen LogP contribution in [-0.4, -0.2) is 29.1 Å². The highest BCUT2D eigenvalue weighted by atomic mass is 16.5. The summed E-state index contributed by atoms with van der Waals surface area (Å²) in [7, 11) is 0. The van der Waals surface area contributed by atoms with Gasteiger partial charge in [0.15, 0.2) is 0 Å². The minimum atomic E-state index is -1.32. The van der Waals surface area contributed by atoms with E-state index in [0.29, 0.717) is 17.9 Å². The molecule has 1 amide bonds. The smallest absolute Gasteiger partial charge is 0.328 e. The first-order chi connectivity index (χ1) is 8.38. The Balaban J connectivity index is 2.94. The summed E-state index contributed by atoms with van der Waals surface area (Å²) < 4.78 is 5.32. The standard InChI is InChI=1S/C13H17NO4/c1-4-18-10-8-6-5-7-9(10)11(15)14-13(2,3)12(16)17/h5-8H,4H2,1-3H3,(H,14,15)(H,16,17). The van der Waals surface area contributed by atoms with E-state index in [1.807, 2.05) is 6.92 Å². The number of carbonyl (C=O) groups excluding carboxylic acids is 1. The van der Waals surface area contributed by atoms with E-state index >= 15 is 0 Å². The number of benzene rings is 1. The molecule has 0 atom stereocenters. The SMILES string of the molecule is CCOc1ccccc1C(=O)NC(C)(C)C(=O)O. The normalized spacial score (nSPS) is 10.8. The Morgan fingerprint density at radius 1 is 1.33 bits per heavy atom. The van der Waals surface area contributed by atoms with Crippen LogP contribution in [0, 0.1) is 0 Å². The van der Waals surface area contributed by atoms with Crippen molar-refractivity contribution >= 4 is 11.9 Å². The summed E-state index contributed by atoms with van der Waals surface area (Å²) in [5.41, 5.74) is -0.996. The highest BCUT2D eigenvalue weighted by Gasteiger charge is 2.30. The van der Waals surface area contributed by atoms with Crippen LogP contribution in [0.1, 0.15) is 31.1 Å². The summed E-state index contributed by atoms with van der Waals surface area (Å²) in [5.74, 6) is -1.12. The first-order valence-corrected chi connectivity index (χ1v) is 5.66. The molecule has 0 saturated carbocycles. The number of aliphatic carboxylic acids is 1. The van der Waals surface area contributed by atoms with Gasteiger partial charge in [-0.25, -0.2) is 4.79 Å². The van der Waals surface area contributed by atoms with Gasteiger partial charge in [0.05, 0.1) is 12.2 Å². The van der Waals surface area contributed by atoms with Crippen molar-refractivity contribution in [2.45, 2.75) is 26.3 Å². The molecule has 18 heavy (non-hydrogen) atoms. The number of hydrogen-bond acceptors (Lipinski definition) is 3. The Bertz CT molecular complexity index is 454. The molecule has 0 radical (unpaired) electrons. The average molecular weight is 251 g/mol. The molecule has 1 rings (SSSR count). The maximum Gasteiger partial charge on any atom is 0.328 e. The molecule has 0 unspecified atom stereocenters. The second-order valence-corrected chi connectivity index (χ2v) is 4.31. The first kappa shape index (κ1) is 14.0. The highest BCUT2D eigenvalue weighted by Crippen LogP contribution is 2.18. The summed E-state index contributed by atoms with van der Waals surface area (Å²) in [6, 6.07) is 6.72. The number of nitrogens with one attached hydrogen (secondary N) is 1. The minimum absolute atomic E-state index is 0.327. The van der Waals surface area contributed by atoms with Crippen molar-refractivity contribution in [2.75, 3.05) is 6.61 Å². The zero-order valence-electron chi connectivity index (χ0n) is 10.7. The summed E-state index contributed by atoms with van der Waals surface area (Å²) in [5, 5.41) is 11.4. The summed E-state index contributed by atoms with van der Waals surface area (Å²) in [6.45, 7) is 5.11. The van der Waals surface area contributed by atoms with Crippen molar-refractivity contribution in [3.8, 4) is 5.75 Å². The maximum atomic E-state index is 12.0. The van der Waals surface area contributed by atoms with E-state index in [2.05, 4.69) is 5.32 Å². The van der Waals surface area contributed by atoms with Crippen LogP contribution in [0.5, 0.6) is 5.75 Å². The predicted octanol–water partition coefficient (Wildman–Crippen LogP) is 1.68. The molecule has 0 heterocycles. The Morgan fingerprint density at radius 3 is 2.50 bits per heavy atom. The lowest BCUT2D eigenvalue weighted by molar-refractivity contribution is -0.143. The summed E-state index contributed by atoms with van der Waals surface area (Å²) >= 11 is 0. The molecule has 0 aliphatic carbocycles. The van der Waals surface area contributed by atoms with Gasteiger partial charge >= 0.3 is 5.97 Å². The molecule has 0 fully saturated rings. The van der Waals surface area contributed by atoms with Crippen molar-refractivity contribution < 1.29 is 19.4 Å². The molecule has 0 aliphatic rings. The molecule has 0 saturated heterocycles. The van der Waals surface area contributed by atoms with Crippen LogP contribution in [0.2, 0.25) is 0 Å². The highest BCUT2D eigenvalue weighted by molar-refractivity contribution is 5.99. The number of carbonyl (C=O) groups is 2. The Morgan fingerprint density at radius 2 is 1.94 bits per heavy atom. The van der Waals surface area contributed by atoms with Gasteiger partial charge in [0, 0.05) is 0 Å². The van der Waals surface area contributed by atoms with E-state index in [-0.39, 0.29) is 0 Å². The molecule has 0 bridgehead atoms. The summed E-state index contributed by atoms with van der Waals surface area (Å²) in [6.07, 6.45) is 0. The van der Waals surface area contributed by atoms with E-state index in [1.165, 1.54) is 13.8 Å². The molecule has 2 N–H and O–H groups in total. The Kier molecular flexibility index (Phi) is 4.31. The lowest BCUT2D eigenvalue weighted by Crippen LogP contribution is -2.49. The fourth-order valence-electron chi connectivity index (χ4n) is 1.34. The molecule has 0 spiro atoms. The number of carboxylic acid groups (broad SMARTS) is 1. The van der Waals surface area contributed by atoms with Gasteiger partial charge in [0.2, 0.25) is 0 Å². The topological polar surface area (TPSA) is 75.6 Å². The molecule has 98 valence electrons. The van der Waals surface area contributed by atoms with Crippen molar-refractivity contribution in [1.82, 2.24) is 5.32 Å². The first-order valence-electron chi connectivity index (χ1n) is 5.66. The lowest BCUT2D eigenvalue weighted by atomic mass is 10.0. The van der Waals surface area contributed by atoms with Gasteiger partial charge in [-0.05, 0) is 32.9 Å². The average Bonchev–Trinajstić information content (AvgIpc) is 2.29. The lowest BCUT2D eigenvalue weighted by Gasteiger charge is -2.21. The van der Waals surface area contributed by atoms with Crippen molar-refractivity contribution in [2.24, 2.45) is 0 Å². The number of amides is 1. The van der Waals surface area contributed by atoms with E-state index in [1.54, 1.807) is 24.3 Å². The van der Waals surface area contributed by atoms with E-state index in [0.717, 1.165) is 0 Å². The number of hydrogen-bond donors (Lipinski definition) is 2. The zero-order valence-corrected chi connectivity index (χ0v) is 10.7. The van der Waals surface area contributed by atoms with Crippen molar-refractivity contribution in [3.63, 3.8) is 0 Å². The Hall–Kier alpha value is -2.04. The monoisotopic (exact) mass is 251 g/mol. The molecule has 5 nitrogen and oxygen atoms in total. The third-order valence-corrected chi connectivity index (χ3v) is 2.39. The predicted molar refractivity (Wildman–Crippen MR) is 66.8 cm³/mol. The van der Waals surface area contributed by atoms with E-state index in [4.69, 9.17) is 9.84 Å². The van der Waals surface area contributed by atoms with E-state index < -0.39 is 17.4 Å². The van der Waals surface area contributed by atoms with Crippen LogP contribution in [0.15, 0.2) is 24.3 Å². The van der Waals surface area contributed by atoms with Gasteiger partial charge in [0.1, 0.15) is 11.3 Å². The van der Waals surface area contributed by atoms with Crippen LogP contribution < -0.4 is 10.1 Å². The van der Waals surface area contributed by atoms with Gasteiger partial charge in [-0.2, -0.15) is 0 Å². The third kappa shape index (κ3) is 3.23. The molecular weight excluding hydrogens is 234 g/mol. The molecule has 0 aromatic heterocycles. The van der Waals surface area contributed by atoms with Crippen molar-refractivity contribution in [3.05, 3.63) is 29.8 Å². The molecule has 5 heteroatoms. The van der Waals surface area contributed by atoms with Gasteiger partial charge in [-0.15, -0.1) is 0 Å². The van der Waals surface area contributed by atoms with Crippen LogP contribution in [0.25, 0.3) is 0 Å². The second kappa shape index (κ2) is 5.53. The summed E-state index contributed by atoms with van der Waals surface area (Å²) in [4.78, 5) is 23.0. The third-order valence-electron chi connectivity index (χ3n) is 2.39. The number of para-hydroxylation sites is 1. The quantitative estimate of drug-likeness (QED) is 0.834. The number of ether oxygens (including phenoxy) is 1. The minimum Gasteiger partial charge on any atom is -0.493 e. The molecule has 0 aliphatic heterocycles. The second-order valence-electron chi connectivity index (χ2n) is 4.31. The molecule has 1 aromatic carbocycles. The van der Waals surface area contributed by atoms with E-state index in [9.17, 15) is 9.59 Å². The number of rotatable bonds is 5. The van der Waals surface area contributed by atoms with Crippen LogP contribution in [-0.2, 0) is 4.79 Å². The van der Waals surface area contributed by atoms with Crippen LogP contribution in [0.4, 0.5) is 0 Å².